The summed E-state index contributed by atoms with van der Waals surface area (Å²) in [6, 6.07) is 22.7. The van der Waals surface area contributed by atoms with Gasteiger partial charge in [0.05, 0.1) is 26.0 Å². The molecule has 2 aliphatic heterocycles. The minimum atomic E-state index is -0.319. The second kappa shape index (κ2) is 8.19. The Bertz CT molecular complexity index is 1110. The first-order valence-corrected chi connectivity index (χ1v) is 11.4. The molecule has 3 aromatic carbocycles. The summed E-state index contributed by atoms with van der Waals surface area (Å²) in [6.45, 7) is 0. The minimum absolute atomic E-state index is 0.0844. The van der Waals surface area contributed by atoms with Crippen LogP contribution in [-0.4, -0.2) is 31.2 Å². The van der Waals surface area contributed by atoms with E-state index in [0.717, 1.165) is 46.1 Å². The van der Waals surface area contributed by atoms with Gasteiger partial charge in [-0.3, -0.25) is 0 Å². The molecule has 5 rings (SSSR count). The predicted octanol–water partition coefficient (Wildman–Crippen LogP) is 5.67. The molecule has 2 atom stereocenters. The number of ether oxygens (including phenoxy) is 3. The summed E-state index contributed by atoms with van der Waals surface area (Å²) in [4.78, 5) is 1.22. The Morgan fingerprint density at radius 1 is 0.968 bits per heavy atom. The fraction of sp³-hybridized carbons (Fsp3) is 0.240. The van der Waals surface area contributed by atoms with Crippen LogP contribution < -0.4 is 14.2 Å². The normalized spacial score (nSPS) is 19.2. The Morgan fingerprint density at radius 2 is 1.74 bits per heavy atom. The maximum Gasteiger partial charge on any atom is 0.214 e. The Morgan fingerprint density at radius 3 is 2.42 bits per heavy atom. The van der Waals surface area contributed by atoms with Crippen LogP contribution in [0.5, 0.6) is 17.2 Å². The fourth-order valence-electron chi connectivity index (χ4n) is 4.19. The predicted molar refractivity (Wildman–Crippen MR) is 123 cm³/mol. The van der Waals surface area contributed by atoms with Gasteiger partial charge in [0, 0.05) is 22.4 Å². The molecular formula is C25H24N2O3S. The molecular weight excluding hydrogens is 408 g/mol. The van der Waals surface area contributed by atoms with Gasteiger partial charge in [-0.05, 0) is 54.3 Å². The summed E-state index contributed by atoms with van der Waals surface area (Å²) in [5, 5.41) is 7.12. The first kappa shape index (κ1) is 19.8. The van der Waals surface area contributed by atoms with Crippen molar-refractivity contribution in [2.24, 2.45) is 5.10 Å². The molecule has 0 spiro atoms. The molecule has 31 heavy (non-hydrogen) atoms. The highest BCUT2D eigenvalue weighted by atomic mass is 32.2. The zero-order valence-electron chi connectivity index (χ0n) is 17.7. The number of para-hydroxylation sites is 1. The summed E-state index contributed by atoms with van der Waals surface area (Å²) in [6.07, 6.45) is 2.56. The van der Waals surface area contributed by atoms with Crippen molar-refractivity contribution >= 4 is 17.5 Å². The number of fused-ring (bicyclic) bond motifs is 3. The molecule has 158 valence electrons. The maximum atomic E-state index is 6.52. The molecule has 0 bridgehead atoms. The molecule has 6 heteroatoms. The molecule has 0 amide bonds. The van der Waals surface area contributed by atoms with Gasteiger partial charge < -0.3 is 14.2 Å². The standard InChI is InChI=1S/C25H24N2O3S/c1-28-18-11-7-16(8-12-18)21-15-22-20-5-4-6-23(29-2)24(20)30-25(27(22)26-21)17-9-13-19(31-3)14-10-17/h4-14,22,25H,15H2,1-3H3/t22-,25-/m0/s1. The van der Waals surface area contributed by atoms with E-state index in [1.54, 1.807) is 26.0 Å². The molecule has 0 N–H and O–H groups in total. The van der Waals surface area contributed by atoms with Crippen LogP contribution in [0.4, 0.5) is 0 Å². The average molecular weight is 433 g/mol. The van der Waals surface area contributed by atoms with Crippen LogP contribution in [0.3, 0.4) is 0 Å². The van der Waals surface area contributed by atoms with E-state index < -0.39 is 0 Å². The number of rotatable bonds is 5. The van der Waals surface area contributed by atoms with E-state index in [2.05, 4.69) is 53.7 Å². The SMILES string of the molecule is COc1ccc(C2=NN3[C@@H](C2)c2cccc(OC)c2O[C@H]3c2ccc(SC)cc2)cc1. The highest BCUT2D eigenvalue weighted by molar-refractivity contribution is 7.98. The largest absolute Gasteiger partial charge is 0.497 e. The van der Waals surface area contributed by atoms with Crippen LogP contribution in [0.25, 0.3) is 0 Å². The zero-order chi connectivity index (χ0) is 21.4. The quantitative estimate of drug-likeness (QED) is 0.486. The molecule has 0 radical (unpaired) electrons. The van der Waals surface area contributed by atoms with E-state index in [4.69, 9.17) is 19.3 Å². The highest BCUT2D eigenvalue weighted by Crippen LogP contribution is 2.50. The zero-order valence-corrected chi connectivity index (χ0v) is 18.6. The van der Waals surface area contributed by atoms with E-state index in [9.17, 15) is 0 Å². The summed E-state index contributed by atoms with van der Waals surface area (Å²) in [5.74, 6) is 2.39. The van der Waals surface area contributed by atoms with Gasteiger partial charge in [0.25, 0.3) is 0 Å². The van der Waals surface area contributed by atoms with E-state index in [0.29, 0.717) is 0 Å². The average Bonchev–Trinajstić information content (AvgIpc) is 3.29. The Kier molecular flexibility index (Phi) is 5.24. The smallest absolute Gasteiger partial charge is 0.214 e. The van der Waals surface area contributed by atoms with E-state index >= 15 is 0 Å². The van der Waals surface area contributed by atoms with Crippen LogP contribution in [0, 0.1) is 0 Å². The Balaban J connectivity index is 1.57. The molecule has 5 nitrogen and oxygen atoms in total. The lowest BCUT2D eigenvalue weighted by atomic mass is 9.95. The lowest BCUT2D eigenvalue weighted by molar-refractivity contribution is -0.0209. The van der Waals surface area contributed by atoms with Gasteiger partial charge in [0.15, 0.2) is 11.5 Å². The summed E-state index contributed by atoms with van der Waals surface area (Å²) in [5.41, 5.74) is 4.30. The highest BCUT2D eigenvalue weighted by Gasteiger charge is 2.42. The lowest BCUT2D eigenvalue weighted by Crippen LogP contribution is -2.33. The van der Waals surface area contributed by atoms with Crippen molar-refractivity contribution in [2.45, 2.75) is 23.6 Å². The molecule has 3 aromatic rings. The Labute approximate surface area is 186 Å². The van der Waals surface area contributed by atoms with Gasteiger partial charge >= 0.3 is 0 Å². The van der Waals surface area contributed by atoms with Gasteiger partial charge in [0.1, 0.15) is 5.75 Å². The number of hydrogen-bond acceptors (Lipinski definition) is 6. The van der Waals surface area contributed by atoms with Gasteiger partial charge in [-0.15, -0.1) is 11.8 Å². The molecule has 0 aliphatic carbocycles. The van der Waals surface area contributed by atoms with Crippen LogP contribution in [0.15, 0.2) is 76.7 Å². The second-order valence-corrected chi connectivity index (χ2v) is 8.38. The van der Waals surface area contributed by atoms with Crippen molar-refractivity contribution in [3.63, 3.8) is 0 Å². The van der Waals surface area contributed by atoms with Gasteiger partial charge in [-0.2, -0.15) is 5.10 Å². The third kappa shape index (κ3) is 3.51. The van der Waals surface area contributed by atoms with Crippen molar-refractivity contribution in [1.82, 2.24) is 5.01 Å². The van der Waals surface area contributed by atoms with Crippen LogP contribution in [0.2, 0.25) is 0 Å². The van der Waals surface area contributed by atoms with Crippen molar-refractivity contribution in [1.29, 1.82) is 0 Å². The number of nitrogens with zero attached hydrogens (tertiary/aromatic N) is 2. The lowest BCUT2D eigenvalue weighted by Gasteiger charge is -2.38. The van der Waals surface area contributed by atoms with E-state index in [-0.39, 0.29) is 12.3 Å². The minimum Gasteiger partial charge on any atom is -0.497 e. The summed E-state index contributed by atoms with van der Waals surface area (Å²) >= 11 is 1.73. The molecule has 0 saturated carbocycles. The van der Waals surface area contributed by atoms with Crippen molar-refractivity contribution < 1.29 is 14.2 Å². The van der Waals surface area contributed by atoms with Crippen LogP contribution in [-0.2, 0) is 0 Å². The van der Waals surface area contributed by atoms with E-state index in [1.807, 2.05) is 24.3 Å². The van der Waals surface area contributed by atoms with Crippen LogP contribution in [0.1, 0.15) is 35.4 Å². The van der Waals surface area contributed by atoms with Gasteiger partial charge in [0.2, 0.25) is 6.23 Å². The van der Waals surface area contributed by atoms with Crippen molar-refractivity contribution in [3.8, 4) is 17.2 Å². The topological polar surface area (TPSA) is 43.3 Å². The first-order chi connectivity index (χ1) is 15.2. The molecule has 2 heterocycles. The molecule has 2 aliphatic rings. The van der Waals surface area contributed by atoms with Gasteiger partial charge in [-0.1, -0.05) is 24.3 Å². The molecule has 0 fully saturated rings. The maximum absolute atomic E-state index is 6.52. The molecule has 0 aromatic heterocycles. The van der Waals surface area contributed by atoms with Gasteiger partial charge in [-0.25, -0.2) is 5.01 Å². The number of hydrazone groups is 1. The van der Waals surface area contributed by atoms with Crippen LogP contribution >= 0.6 is 11.8 Å². The molecule has 0 unspecified atom stereocenters. The van der Waals surface area contributed by atoms with E-state index in [1.165, 1.54) is 4.90 Å². The summed E-state index contributed by atoms with van der Waals surface area (Å²) < 4.78 is 17.4. The number of hydrogen-bond donors (Lipinski definition) is 0. The fourth-order valence-corrected chi connectivity index (χ4v) is 4.60. The second-order valence-electron chi connectivity index (χ2n) is 7.50. The van der Waals surface area contributed by atoms with Crippen molar-refractivity contribution in [3.05, 3.63) is 83.4 Å². The number of benzene rings is 3. The Hall–Kier alpha value is -3.12. The monoisotopic (exact) mass is 432 g/mol. The summed E-state index contributed by atoms with van der Waals surface area (Å²) in [7, 11) is 3.36. The third-order valence-electron chi connectivity index (χ3n) is 5.82. The first-order valence-electron chi connectivity index (χ1n) is 10.2. The van der Waals surface area contributed by atoms with Crippen molar-refractivity contribution in [2.75, 3.05) is 20.5 Å². The molecule has 0 saturated heterocycles. The number of methoxy groups -OCH3 is 2. The third-order valence-corrected chi connectivity index (χ3v) is 6.57. The number of thioether (sulfide) groups is 1.